The van der Waals surface area contributed by atoms with Crippen molar-refractivity contribution in [2.24, 2.45) is 0 Å². The number of hydrogen-bond donors (Lipinski definition) is 0. The Labute approximate surface area is 831 Å². The van der Waals surface area contributed by atoms with Gasteiger partial charge in [-0.25, -0.2) is 29.9 Å². The van der Waals surface area contributed by atoms with Crippen LogP contribution in [0.5, 0.6) is 0 Å². The molecular formula is C130H85N13O. The Morgan fingerprint density at radius 2 is 0.472 bits per heavy atom. The molecule has 676 valence electrons. The van der Waals surface area contributed by atoms with Crippen LogP contribution in [0.4, 0.5) is 0 Å². The van der Waals surface area contributed by atoms with Gasteiger partial charge in [-0.15, -0.1) is 0 Å². The van der Waals surface area contributed by atoms with Crippen LogP contribution in [-0.4, -0.2) is 64.4 Å². The summed E-state index contributed by atoms with van der Waals surface area (Å²) in [6.45, 7) is 0. The molecular weight excluding hydrogens is 1760 g/mol. The van der Waals surface area contributed by atoms with Crippen LogP contribution in [0.2, 0.25) is 0 Å². The average Bonchev–Trinajstić information content (AvgIpc) is 1.58. The molecule has 0 unspecified atom stereocenters. The molecule has 0 bridgehead atoms. The number of para-hydroxylation sites is 3. The minimum absolute atomic E-state index is 0.645. The highest BCUT2D eigenvalue weighted by atomic mass is 16.3. The Balaban J connectivity index is 0.000000116. The third kappa shape index (κ3) is 18.3. The second-order valence-electron chi connectivity index (χ2n) is 35.2. The summed E-state index contributed by atoms with van der Waals surface area (Å²) < 4.78 is 8.60. The number of furan rings is 1. The van der Waals surface area contributed by atoms with Gasteiger partial charge in [0, 0.05) is 168 Å². The van der Waals surface area contributed by atoms with E-state index in [2.05, 4.69) is 423 Å². The van der Waals surface area contributed by atoms with E-state index >= 15 is 0 Å². The quantitative estimate of drug-likeness (QED) is 0.0795. The number of hydrogen-bond acceptors (Lipinski definition) is 13. The van der Waals surface area contributed by atoms with Gasteiger partial charge in [-0.3, -0.25) is 29.9 Å². The Morgan fingerprint density at radius 3 is 0.931 bits per heavy atom. The zero-order valence-electron chi connectivity index (χ0n) is 77.8. The molecule has 0 radical (unpaired) electrons. The molecule has 0 amide bonds. The molecule has 0 saturated heterocycles. The van der Waals surface area contributed by atoms with Crippen LogP contribution in [0.25, 0.3) is 251 Å². The smallest absolute Gasteiger partial charge is 0.160 e. The number of fused-ring (bicyclic) bond motifs is 7. The van der Waals surface area contributed by atoms with Crippen LogP contribution in [0.3, 0.4) is 0 Å². The minimum Gasteiger partial charge on any atom is -0.456 e. The molecule has 0 fully saturated rings. The van der Waals surface area contributed by atoms with E-state index in [1.54, 1.807) is 31.0 Å². The number of pyridine rings is 6. The second-order valence-corrected chi connectivity index (χ2v) is 35.2. The van der Waals surface area contributed by atoms with Crippen molar-refractivity contribution in [1.29, 1.82) is 0 Å². The van der Waals surface area contributed by atoms with E-state index < -0.39 is 0 Å². The van der Waals surface area contributed by atoms with Crippen molar-refractivity contribution in [3.05, 3.63) is 517 Å². The van der Waals surface area contributed by atoms with Gasteiger partial charge >= 0.3 is 0 Å². The first kappa shape index (κ1) is 87.1. The lowest BCUT2D eigenvalue weighted by Gasteiger charge is -2.12. The van der Waals surface area contributed by atoms with Gasteiger partial charge in [0.2, 0.25) is 0 Å². The molecule has 144 heavy (non-hydrogen) atoms. The zero-order valence-corrected chi connectivity index (χ0v) is 77.8. The SMILES string of the molecule is c1ccc(-c2ccc(-c3nc(-c4ccc(-c5cccnc5)cc4)cc(-c4ccc(-c5cccc6cccnc56)cc4)n3)cc2)cc1.c1ccc(-c2ccc3oc4ccc(-c5nc(-c6ccc(-c7cccnc7)cc6)cc(-c6cccc(-c7cccnc7)c6)n5)cc4c3c2)cc1.c1ccc(-n2c3ccccc3c3cc(-c4nc(-c5ccc(-c6cccnc6)cc5)cc(-c5cccc(-c6cccnc6)c5)n4)ccc32)cc1. The van der Waals surface area contributed by atoms with Gasteiger partial charge in [-0.1, -0.05) is 315 Å². The van der Waals surface area contributed by atoms with Gasteiger partial charge in [-0.2, -0.15) is 0 Å². The first-order chi connectivity index (χ1) is 71.3. The van der Waals surface area contributed by atoms with Crippen LogP contribution < -0.4 is 0 Å². The fourth-order valence-electron chi connectivity index (χ4n) is 18.8. The molecule has 26 rings (SSSR count). The third-order valence-electron chi connectivity index (χ3n) is 26.2. The summed E-state index contributed by atoms with van der Waals surface area (Å²) >= 11 is 0. The van der Waals surface area contributed by atoms with Crippen molar-refractivity contribution in [3.63, 3.8) is 0 Å². The molecule has 0 aliphatic rings. The molecule has 11 aromatic heterocycles. The molecule has 14 nitrogen and oxygen atoms in total. The fourth-order valence-corrected chi connectivity index (χ4v) is 18.8. The Kier molecular flexibility index (Phi) is 23.8. The predicted octanol–water partition coefficient (Wildman–Crippen LogP) is 32.3. The highest BCUT2D eigenvalue weighted by Crippen LogP contribution is 2.42. The molecule has 0 spiro atoms. The maximum Gasteiger partial charge on any atom is 0.160 e. The number of benzene rings is 15. The van der Waals surface area contributed by atoms with Crippen LogP contribution in [0.15, 0.2) is 521 Å². The first-order valence-corrected chi connectivity index (χ1v) is 47.8. The third-order valence-corrected chi connectivity index (χ3v) is 26.2. The van der Waals surface area contributed by atoms with Crippen molar-refractivity contribution >= 4 is 54.6 Å². The summed E-state index contributed by atoms with van der Waals surface area (Å²) in [6.07, 6.45) is 20.2. The van der Waals surface area contributed by atoms with Crippen LogP contribution in [-0.2, 0) is 0 Å². The Morgan fingerprint density at radius 1 is 0.174 bits per heavy atom. The van der Waals surface area contributed by atoms with Crippen molar-refractivity contribution in [1.82, 2.24) is 64.4 Å². The molecule has 0 aliphatic heterocycles. The summed E-state index contributed by atoms with van der Waals surface area (Å²) in [5.41, 5.74) is 37.9. The molecule has 0 atom stereocenters. The van der Waals surface area contributed by atoms with Gasteiger partial charge < -0.3 is 8.98 Å². The summed E-state index contributed by atoms with van der Waals surface area (Å²) in [4.78, 5) is 57.1. The van der Waals surface area contributed by atoms with E-state index in [0.717, 1.165) is 217 Å². The minimum atomic E-state index is 0.645. The van der Waals surface area contributed by atoms with E-state index in [1.807, 2.05) is 97.8 Å². The molecule has 11 heterocycles. The Hall–Kier alpha value is -19.7. The lowest BCUT2D eigenvalue weighted by atomic mass is 9.99. The van der Waals surface area contributed by atoms with Gasteiger partial charge in [0.05, 0.1) is 50.7 Å². The molecule has 26 aromatic rings. The average molecular weight is 1850 g/mol. The van der Waals surface area contributed by atoms with E-state index in [-0.39, 0.29) is 0 Å². The van der Waals surface area contributed by atoms with E-state index in [1.165, 1.54) is 16.5 Å². The molecule has 0 aliphatic carbocycles. The van der Waals surface area contributed by atoms with Crippen molar-refractivity contribution in [3.8, 4) is 196 Å². The standard InChI is InChI=1S/C44H29N5.C44H28N4O.C42H28N4/c1-2-13-37(14-3-1)49-42-16-5-4-15-38(42)39-26-34(21-22-43(39)49)44-47-40(31-19-17-30(18-20-31)35-11-7-23-45-28-35)27-41(48-44)33-10-6-9-32(25-33)36-12-8-24-46-29-36;1-2-7-29(8-3-1)33-17-19-42-38(24-33)39-25-35(18-20-43(39)49-42)44-47-40(31-15-13-30(14-16-31)36-11-5-21-45-27-36)26-41(48-44)34-10-4-9-32(23-34)37-12-6-22-46-28-37;1-2-7-29(8-3-1)30-15-23-36(24-16-30)42-45-39(33-19-13-31(14-20-33)37-11-5-25-43-28-37)27-40(46-42)34-21-17-32(18-22-34)38-12-4-9-35-10-6-26-44-41(35)38/h1-29H;1-28H;1-28H. The van der Waals surface area contributed by atoms with E-state index in [9.17, 15) is 0 Å². The molecule has 15 aromatic carbocycles. The topological polar surface area (TPSA) is 173 Å². The van der Waals surface area contributed by atoms with Crippen LogP contribution in [0, 0.1) is 0 Å². The van der Waals surface area contributed by atoms with Gasteiger partial charge in [0.1, 0.15) is 11.2 Å². The van der Waals surface area contributed by atoms with Gasteiger partial charge in [0.25, 0.3) is 0 Å². The maximum atomic E-state index is 6.27. The van der Waals surface area contributed by atoms with Crippen molar-refractivity contribution in [2.75, 3.05) is 0 Å². The monoisotopic (exact) mass is 1840 g/mol. The first-order valence-electron chi connectivity index (χ1n) is 47.8. The summed E-state index contributed by atoms with van der Waals surface area (Å²) in [5.74, 6) is 2.01. The predicted molar refractivity (Wildman–Crippen MR) is 584 cm³/mol. The van der Waals surface area contributed by atoms with Crippen molar-refractivity contribution in [2.45, 2.75) is 0 Å². The zero-order chi connectivity index (χ0) is 95.9. The fraction of sp³-hybridized carbons (Fsp3) is 0. The summed E-state index contributed by atoms with van der Waals surface area (Å²) in [6, 6.07) is 155. The molecule has 0 saturated carbocycles. The normalized spacial score (nSPS) is 11.2. The van der Waals surface area contributed by atoms with Crippen LogP contribution >= 0.6 is 0 Å². The number of rotatable bonds is 18. The maximum absolute atomic E-state index is 6.27. The second kappa shape index (κ2) is 39.4. The summed E-state index contributed by atoms with van der Waals surface area (Å²) in [5, 5.41) is 5.56. The largest absolute Gasteiger partial charge is 0.456 e. The van der Waals surface area contributed by atoms with Gasteiger partial charge in [0.15, 0.2) is 17.5 Å². The molecule has 14 heteroatoms. The lowest BCUT2D eigenvalue weighted by Crippen LogP contribution is -1.97. The highest BCUT2D eigenvalue weighted by Gasteiger charge is 2.22. The Bertz CT molecular complexity index is 9000. The van der Waals surface area contributed by atoms with Crippen molar-refractivity contribution < 1.29 is 4.42 Å². The van der Waals surface area contributed by atoms with Crippen LogP contribution in [0.1, 0.15) is 0 Å². The summed E-state index contributed by atoms with van der Waals surface area (Å²) in [7, 11) is 0. The molecule has 0 N–H and O–H groups in total. The van der Waals surface area contributed by atoms with E-state index in [0.29, 0.717) is 17.5 Å². The van der Waals surface area contributed by atoms with Gasteiger partial charge in [-0.05, 0) is 206 Å². The van der Waals surface area contributed by atoms with E-state index in [4.69, 9.17) is 34.3 Å². The number of aromatic nitrogens is 13. The lowest BCUT2D eigenvalue weighted by molar-refractivity contribution is 0.669. The number of nitrogens with zero attached hydrogens (tertiary/aromatic N) is 13. The highest BCUT2D eigenvalue weighted by molar-refractivity contribution is 6.11.